The van der Waals surface area contributed by atoms with Crippen LogP contribution in [0, 0.1) is 0 Å². The van der Waals surface area contributed by atoms with Gasteiger partial charge in [-0.1, -0.05) is 29.4 Å². The van der Waals surface area contributed by atoms with Crippen LogP contribution in [0.25, 0.3) is 0 Å². The summed E-state index contributed by atoms with van der Waals surface area (Å²) in [6.45, 7) is 7.86. The van der Waals surface area contributed by atoms with Crippen LogP contribution in [0.4, 0.5) is 0 Å². The van der Waals surface area contributed by atoms with Gasteiger partial charge in [-0.3, -0.25) is 4.79 Å². The van der Waals surface area contributed by atoms with Crippen LogP contribution in [0.15, 0.2) is 47.6 Å². The highest BCUT2D eigenvalue weighted by molar-refractivity contribution is 6.06. The number of fused-ring (bicyclic) bond motifs is 1. The molecular weight excluding hydrogens is 408 g/mol. The average molecular weight is 439 g/mol. The van der Waals surface area contributed by atoms with Crippen LogP contribution in [-0.4, -0.2) is 34.3 Å². The number of Topliss-reactive ketones (excluding diaryl/α,β-unsaturated/α-hetero) is 1. The number of hydrogen-bond donors (Lipinski definition) is 3. The number of hydrogen-bond acceptors (Lipinski definition) is 6. The molecule has 0 amide bonds. The number of aliphatic hydroxyl groups excluding tert-OH is 1. The topological polar surface area (TPSA) is 96.2 Å². The first kappa shape index (κ1) is 23.4. The number of carbonyl (C=O) groups excluding carboxylic acids is 1. The third kappa shape index (κ3) is 4.65. The zero-order chi connectivity index (χ0) is 23.6. The first-order chi connectivity index (χ1) is 15.1. The summed E-state index contributed by atoms with van der Waals surface area (Å²) in [6.07, 6.45) is 2.41. The lowest BCUT2D eigenvalue weighted by molar-refractivity contribution is 0.0206. The molecule has 3 N–H and O–H groups in total. The molecule has 2 aromatic rings. The number of ketones is 1. The molecule has 0 bridgehead atoms. The fourth-order valence-corrected chi connectivity index (χ4v) is 3.72. The molecule has 6 heteroatoms. The van der Waals surface area contributed by atoms with Gasteiger partial charge in [0.25, 0.3) is 0 Å². The van der Waals surface area contributed by atoms with Gasteiger partial charge in [-0.05, 0) is 63.8 Å². The van der Waals surface area contributed by atoms with Gasteiger partial charge >= 0.3 is 0 Å². The van der Waals surface area contributed by atoms with Crippen LogP contribution in [0.1, 0.15) is 60.8 Å². The van der Waals surface area contributed by atoms with Gasteiger partial charge in [0.2, 0.25) is 5.78 Å². The Labute approximate surface area is 188 Å². The first-order valence-electron chi connectivity index (χ1n) is 10.5. The lowest BCUT2D eigenvalue weighted by Gasteiger charge is -2.32. The third-order valence-electron chi connectivity index (χ3n) is 5.46. The van der Waals surface area contributed by atoms with E-state index < -0.39 is 23.7 Å². The van der Waals surface area contributed by atoms with E-state index in [0.29, 0.717) is 29.7 Å². The van der Waals surface area contributed by atoms with Crippen LogP contribution < -0.4 is 9.47 Å². The molecule has 0 spiro atoms. The first-order valence-corrected chi connectivity index (χ1v) is 10.5. The van der Waals surface area contributed by atoms with E-state index in [4.69, 9.17) is 9.47 Å². The van der Waals surface area contributed by atoms with Crippen LogP contribution in [0.3, 0.4) is 0 Å². The van der Waals surface area contributed by atoms with E-state index in [-0.39, 0.29) is 17.1 Å². The van der Waals surface area contributed by atoms with Crippen molar-refractivity contribution < 1.29 is 29.6 Å². The number of aliphatic hydroxyl groups is 1. The molecule has 1 aliphatic heterocycles. The molecule has 2 unspecified atom stereocenters. The lowest BCUT2D eigenvalue weighted by atomic mass is 9.89. The van der Waals surface area contributed by atoms with Crippen molar-refractivity contribution in [2.75, 3.05) is 7.11 Å². The molecule has 3 rings (SSSR count). The summed E-state index contributed by atoms with van der Waals surface area (Å²) in [6, 6.07) is 6.49. The summed E-state index contributed by atoms with van der Waals surface area (Å²) in [7, 11) is 1.59. The van der Waals surface area contributed by atoms with Gasteiger partial charge < -0.3 is 24.8 Å². The van der Waals surface area contributed by atoms with Crippen molar-refractivity contribution in [2.45, 2.75) is 52.7 Å². The second kappa shape index (κ2) is 9.49. The summed E-state index contributed by atoms with van der Waals surface area (Å²) in [4.78, 5) is 13.0. The van der Waals surface area contributed by atoms with Crippen LogP contribution in [0.5, 0.6) is 23.0 Å². The number of phenolic OH excluding ortho intramolecular Hbond substituents is 2. The Hall–Kier alpha value is -3.25. The Bertz CT molecular complexity index is 1090. The molecule has 0 saturated heterocycles. The highest BCUT2D eigenvalue weighted by Gasteiger charge is 2.40. The molecule has 170 valence electrons. The molecule has 1 heterocycles. The molecular formula is C26H30O6. The fraction of sp³-hybridized carbons (Fsp3) is 0.346. The Balaban J connectivity index is 2.10. The molecule has 2 aromatic carbocycles. The van der Waals surface area contributed by atoms with E-state index in [1.807, 2.05) is 39.8 Å². The minimum Gasteiger partial charge on any atom is -0.507 e. The normalized spacial score (nSPS) is 17.2. The maximum Gasteiger partial charge on any atom is 0.202 e. The van der Waals surface area contributed by atoms with Gasteiger partial charge in [0.15, 0.2) is 12.2 Å². The smallest absolute Gasteiger partial charge is 0.202 e. The van der Waals surface area contributed by atoms with Crippen molar-refractivity contribution in [1.82, 2.24) is 0 Å². The van der Waals surface area contributed by atoms with E-state index in [9.17, 15) is 20.1 Å². The van der Waals surface area contributed by atoms with Crippen molar-refractivity contribution in [2.24, 2.45) is 0 Å². The minimum absolute atomic E-state index is 0.0990. The zero-order valence-electron chi connectivity index (χ0n) is 19.1. The van der Waals surface area contributed by atoms with Crippen LogP contribution >= 0.6 is 0 Å². The number of allylic oxidation sites excluding steroid dienone is 4. The molecule has 0 saturated carbocycles. The van der Waals surface area contributed by atoms with Gasteiger partial charge in [-0.15, -0.1) is 0 Å². The lowest BCUT2D eigenvalue weighted by Crippen LogP contribution is -2.36. The number of carbonyl (C=O) groups is 1. The third-order valence-corrected chi connectivity index (χ3v) is 5.46. The van der Waals surface area contributed by atoms with Crippen molar-refractivity contribution >= 4 is 5.78 Å². The summed E-state index contributed by atoms with van der Waals surface area (Å²) in [5, 5.41) is 31.5. The van der Waals surface area contributed by atoms with Crippen LogP contribution in [0.2, 0.25) is 0 Å². The van der Waals surface area contributed by atoms with E-state index in [2.05, 4.69) is 6.08 Å². The highest BCUT2D eigenvalue weighted by atomic mass is 16.5. The number of rotatable bonds is 6. The standard InChI is InChI=1S/C26H30O6/c1-14(2)6-8-16-12-17(9-11-21(16)31-5)25-24(30)23(29)22-20(28)13-19(27)18(26(22)32-25)10-7-15(3)4/h6-7,9,11-13,24-25,27-28,30H,8,10H2,1-5H3. The Kier molecular flexibility index (Phi) is 6.94. The van der Waals surface area contributed by atoms with Crippen molar-refractivity contribution in [1.29, 1.82) is 0 Å². The number of phenols is 2. The van der Waals surface area contributed by atoms with Gasteiger partial charge in [-0.2, -0.15) is 0 Å². The predicted molar refractivity (Wildman–Crippen MR) is 123 cm³/mol. The largest absolute Gasteiger partial charge is 0.507 e. The Morgan fingerprint density at radius 3 is 2.31 bits per heavy atom. The van der Waals surface area contributed by atoms with Crippen molar-refractivity contribution in [3.8, 4) is 23.0 Å². The minimum atomic E-state index is -1.50. The summed E-state index contributed by atoms with van der Waals surface area (Å²) >= 11 is 0. The molecule has 0 fully saturated rings. The van der Waals surface area contributed by atoms with E-state index >= 15 is 0 Å². The molecule has 0 aromatic heterocycles. The molecule has 6 nitrogen and oxygen atoms in total. The highest BCUT2D eigenvalue weighted by Crippen LogP contribution is 2.46. The van der Waals surface area contributed by atoms with Crippen molar-refractivity contribution in [3.05, 3.63) is 69.8 Å². The number of ether oxygens (including phenoxy) is 2. The molecule has 0 radical (unpaired) electrons. The van der Waals surface area contributed by atoms with Gasteiger partial charge in [0.05, 0.1) is 7.11 Å². The Morgan fingerprint density at radius 1 is 1.03 bits per heavy atom. The number of aromatic hydroxyl groups is 2. The van der Waals surface area contributed by atoms with E-state index in [1.54, 1.807) is 19.2 Å². The number of benzene rings is 2. The van der Waals surface area contributed by atoms with Crippen molar-refractivity contribution in [3.63, 3.8) is 0 Å². The zero-order valence-corrected chi connectivity index (χ0v) is 19.1. The molecule has 32 heavy (non-hydrogen) atoms. The average Bonchev–Trinajstić information content (AvgIpc) is 2.73. The second-order valence-electron chi connectivity index (χ2n) is 8.49. The Morgan fingerprint density at radius 2 is 1.69 bits per heavy atom. The molecule has 1 aliphatic rings. The fourth-order valence-electron chi connectivity index (χ4n) is 3.72. The van der Waals surface area contributed by atoms with E-state index in [1.165, 1.54) is 0 Å². The maximum atomic E-state index is 13.0. The van der Waals surface area contributed by atoms with Gasteiger partial charge in [0, 0.05) is 11.6 Å². The summed E-state index contributed by atoms with van der Waals surface area (Å²) in [5.74, 6) is -0.431. The summed E-state index contributed by atoms with van der Waals surface area (Å²) in [5.41, 5.74) is 3.97. The molecule has 2 atom stereocenters. The predicted octanol–water partition coefficient (Wildman–Crippen LogP) is 4.80. The maximum absolute atomic E-state index is 13.0. The van der Waals surface area contributed by atoms with Gasteiger partial charge in [-0.25, -0.2) is 0 Å². The summed E-state index contributed by atoms with van der Waals surface area (Å²) < 4.78 is 11.6. The van der Waals surface area contributed by atoms with Crippen LogP contribution in [-0.2, 0) is 12.8 Å². The SMILES string of the molecule is COc1ccc(C2Oc3c(CC=C(C)C)c(O)cc(O)c3C(=O)C2O)cc1CC=C(C)C. The monoisotopic (exact) mass is 438 g/mol. The van der Waals surface area contributed by atoms with Gasteiger partial charge in [0.1, 0.15) is 28.6 Å². The second-order valence-corrected chi connectivity index (χ2v) is 8.49. The quantitative estimate of drug-likeness (QED) is 0.561. The van der Waals surface area contributed by atoms with E-state index in [0.717, 1.165) is 22.8 Å². The molecule has 0 aliphatic carbocycles. The number of methoxy groups -OCH3 is 1.